The van der Waals surface area contributed by atoms with E-state index in [0.717, 1.165) is 94.0 Å². The summed E-state index contributed by atoms with van der Waals surface area (Å²) in [6, 6.07) is 5.99. The van der Waals surface area contributed by atoms with Crippen molar-refractivity contribution < 1.29 is 9.59 Å². The fraction of sp³-hybridized carbons (Fsp3) is 0.724. The summed E-state index contributed by atoms with van der Waals surface area (Å²) in [5.41, 5.74) is 2.26. The Kier molecular flexibility index (Phi) is 7.38. The molecule has 0 unspecified atom stereocenters. The number of rotatable bonds is 9. The number of piperidine rings is 1. The van der Waals surface area contributed by atoms with Gasteiger partial charge in [0.15, 0.2) is 0 Å². The summed E-state index contributed by atoms with van der Waals surface area (Å²) in [5.74, 6) is 2.36. The molecule has 6 rings (SSSR count). The maximum atomic E-state index is 13.6. The monoisotopic (exact) mass is 480 g/mol. The molecule has 1 aromatic carbocycles. The van der Waals surface area contributed by atoms with Crippen LogP contribution in [-0.2, 0) is 4.79 Å². The lowest BCUT2D eigenvalue weighted by Crippen LogP contribution is -2.51. The molecule has 6 nitrogen and oxygen atoms in total. The van der Waals surface area contributed by atoms with Gasteiger partial charge in [-0.25, -0.2) is 0 Å². The second kappa shape index (κ2) is 10.5. The van der Waals surface area contributed by atoms with Crippen molar-refractivity contribution in [1.29, 1.82) is 0 Å². The first-order chi connectivity index (χ1) is 17.0. The average Bonchev–Trinajstić information content (AvgIpc) is 2.86. The highest BCUT2D eigenvalue weighted by atomic mass is 16.2. The third-order valence-corrected chi connectivity index (χ3v) is 9.32. The van der Waals surface area contributed by atoms with Crippen LogP contribution in [0.5, 0.6) is 0 Å². The van der Waals surface area contributed by atoms with Crippen LogP contribution < -0.4 is 15.5 Å². The summed E-state index contributed by atoms with van der Waals surface area (Å²) in [4.78, 5) is 31.6. The van der Waals surface area contributed by atoms with Gasteiger partial charge in [0.2, 0.25) is 5.91 Å². The summed E-state index contributed by atoms with van der Waals surface area (Å²) >= 11 is 0. The number of anilines is 2. The van der Waals surface area contributed by atoms with Crippen molar-refractivity contribution in [2.75, 3.05) is 49.5 Å². The first kappa shape index (κ1) is 24.6. The molecule has 1 aliphatic heterocycles. The van der Waals surface area contributed by atoms with E-state index in [2.05, 4.69) is 40.3 Å². The number of amides is 2. The van der Waals surface area contributed by atoms with Crippen LogP contribution in [0.1, 0.15) is 82.0 Å². The molecule has 4 aliphatic carbocycles. The van der Waals surface area contributed by atoms with E-state index in [1.807, 2.05) is 12.1 Å². The normalized spacial score (nSPS) is 29.5. The van der Waals surface area contributed by atoms with Crippen molar-refractivity contribution in [2.45, 2.75) is 71.6 Å². The van der Waals surface area contributed by atoms with E-state index in [0.29, 0.717) is 12.1 Å². The van der Waals surface area contributed by atoms with Gasteiger partial charge in [-0.2, -0.15) is 0 Å². The summed E-state index contributed by atoms with van der Waals surface area (Å²) in [6.45, 7) is 9.71. The molecule has 2 amide bonds. The molecule has 5 fully saturated rings. The second-order valence-electron chi connectivity index (χ2n) is 11.7. The molecule has 0 aromatic heterocycles. The van der Waals surface area contributed by atoms with Crippen LogP contribution in [0.4, 0.5) is 11.4 Å². The molecule has 192 valence electrons. The fourth-order valence-electron chi connectivity index (χ4n) is 7.82. The zero-order valence-corrected chi connectivity index (χ0v) is 21.8. The van der Waals surface area contributed by atoms with Crippen LogP contribution in [0.15, 0.2) is 18.2 Å². The summed E-state index contributed by atoms with van der Waals surface area (Å²) < 4.78 is 0. The Bertz CT molecular complexity index is 884. The van der Waals surface area contributed by atoms with E-state index in [1.165, 1.54) is 25.7 Å². The van der Waals surface area contributed by atoms with Crippen molar-refractivity contribution >= 4 is 23.2 Å². The molecular weight excluding hydrogens is 436 g/mol. The Morgan fingerprint density at radius 3 is 2.20 bits per heavy atom. The van der Waals surface area contributed by atoms with Gasteiger partial charge in [0.1, 0.15) is 0 Å². The molecule has 6 heteroatoms. The maximum absolute atomic E-state index is 13.6. The van der Waals surface area contributed by atoms with E-state index in [4.69, 9.17) is 0 Å². The van der Waals surface area contributed by atoms with Crippen LogP contribution >= 0.6 is 0 Å². The topological polar surface area (TPSA) is 64.7 Å². The lowest BCUT2D eigenvalue weighted by molar-refractivity contribution is -0.140. The van der Waals surface area contributed by atoms with Gasteiger partial charge in [-0.05, 0) is 107 Å². The molecule has 0 radical (unpaired) electrons. The van der Waals surface area contributed by atoms with E-state index in [9.17, 15) is 9.59 Å². The van der Waals surface area contributed by atoms with Crippen LogP contribution in [0.2, 0.25) is 0 Å². The number of nitrogens with zero attached hydrogens (tertiary/aromatic N) is 2. The van der Waals surface area contributed by atoms with Gasteiger partial charge in [0, 0.05) is 37.6 Å². The van der Waals surface area contributed by atoms with Gasteiger partial charge < -0.3 is 20.4 Å². The second-order valence-corrected chi connectivity index (χ2v) is 11.7. The third kappa shape index (κ3) is 5.23. The predicted octanol–water partition coefficient (Wildman–Crippen LogP) is 4.90. The number of likely N-dealkylation sites (N-methyl/N-ethyl adjacent to an activating group) is 1. The Morgan fingerprint density at radius 1 is 0.971 bits per heavy atom. The molecule has 1 heterocycles. The number of hydrogen-bond acceptors (Lipinski definition) is 4. The smallest absolute Gasteiger partial charge is 0.253 e. The van der Waals surface area contributed by atoms with Crippen molar-refractivity contribution in [1.82, 2.24) is 10.2 Å². The third-order valence-electron chi connectivity index (χ3n) is 9.32. The zero-order valence-electron chi connectivity index (χ0n) is 21.8. The number of hydrogen-bond donors (Lipinski definition) is 2. The van der Waals surface area contributed by atoms with Gasteiger partial charge in [0.25, 0.3) is 5.91 Å². The zero-order chi connectivity index (χ0) is 24.4. The molecule has 2 N–H and O–H groups in total. The number of benzene rings is 1. The van der Waals surface area contributed by atoms with E-state index in [1.54, 1.807) is 0 Å². The number of carbonyl (C=O) groups excluding carboxylic acids is 2. The maximum Gasteiger partial charge on any atom is 0.253 e. The first-order valence-electron chi connectivity index (χ1n) is 14.2. The highest BCUT2D eigenvalue weighted by Crippen LogP contribution is 2.60. The lowest BCUT2D eigenvalue weighted by atomic mass is 9.49. The molecular formula is C29H44N4O2. The molecule has 1 saturated heterocycles. The highest BCUT2D eigenvalue weighted by molar-refractivity contribution is 6.02. The average molecular weight is 481 g/mol. The Labute approximate surface area is 211 Å². The Morgan fingerprint density at radius 2 is 1.60 bits per heavy atom. The largest absolute Gasteiger partial charge is 0.371 e. The molecule has 5 aliphatic rings. The Hall–Kier alpha value is -2.08. The molecule has 0 spiro atoms. The number of nitrogens with one attached hydrogen (secondary N) is 2. The van der Waals surface area contributed by atoms with Crippen LogP contribution in [0.25, 0.3) is 0 Å². The number of carbonyl (C=O) groups is 2. The van der Waals surface area contributed by atoms with Crippen molar-refractivity contribution in [3.8, 4) is 0 Å². The standard InChI is InChI=1S/C29H44N4O2/c1-3-32(4-2)13-10-30-27(34)25-17-24(8-9-26(25)33-11-6-5-7-12-33)31-28(35)29-18-21-14-22(19-29)16-23(15-21)20-29/h8-9,17,21-23H,3-7,10-16,18-20H2,1-2H3,(H,30,34)(H,31,35). The van der Waals surface area contributed by atoms with Crippen molar-refractivity contribution in [3.05, 3.63) is 23.8 Å². The molecule has 0 atom stereocenters. The van der Waals surface area contributed by atoms with Gasteiger partial charge in [-0.1, -0.05) is 13.8 Å². The van der Waals surface area contributed by atoms with Gasteiger partial charge in [0.05, 0.1) is 11.0 Å². The van der Waals surface area contributed by atoms with Crippen LogP contribution in [-0.4, -0.2) is 56.0 Å². The van der Waals surface area contributed by atoms with Gasteiger partial charge in [-0.3, -0.25) is 9.59 Å². The van der Waals surface area contributed by atoms with E-state index < -0.39 is 0 Å². The minimum atomic E-state index is -0.188. The lowest BCUT2D eigenvalue weighted by Gasteiger charge is -2.55. The quantitative estimate of drug-likeness (QED) is 0.527. The molecule has 1 aromatic rings. The molecule has 4 bridgehead atoms. The van der Waals surface area contributed by atoms with E-state index in [-0.39, 0.29) is 17.2 Å². The fourth-order valence-corrected chi connectivity index (χ4v) is 7.82. The van der Waals surface area contributed by atoms with Crippen LogP contribution in [0, 0.1) is 23.2 Å². The first-order valence-corrected chi connectivity index (χ1v) is 14.2. The SMILES string of the molecule is CCN(CC)CCNC(=O)c1cc(NC(=O)C23CC4CC(CC(C4)C2)C3)ccc1N1CCCCC1. The summed E-state index contributed by atoms with van der Waals surface area (Å²) in [7, 11) is 0. The van der Waals surface area contributed by atoms with Crippen molar-refractivity contribution in [2.24, 2.45) is 23.2 Å². The highest BCUT2D eigenvalue weighted by Gasteiger charge is 2.54. The van der Waals surface area contributed by atoms with Crippen molar-refractivity contribution in [3.63, 3.8) is 0 Å². The minimum absolute atomic E-state index is 0.0383. The van der Waals surface area contributed by atoms with Gasteiger partial charge >= 0.3 is 0 Å². The summed E-state index contributed by atoms with van der Waals surface area (Å²) in [6.07, 6.45) is 10.7. The minimum Gasteiger partial charge on any atom is -0.371 e. The van der Waals surface area contributed by atoms with Crippen LogP contribution in [0.3, 0.4) is 0 Å². The Balaban J connectivity index is 1.32. The van der Waals surface area contributed by atoms with Gasteiger partial charge in [-0.15, -0.1) is 0 Å². The molecule has 35 heavy (non-hydrogen) atoms. The summed E-state index contributed by atoms with van der Waals surface area (Å²) in [5, 5.41) is 6.42. The van der Waals surface area contributed by atoms with E-state index >= 15 is 0 Å². The molecule has 4 saturated carbocycles. The predicted molar refractivity (Wildman–Crippen MR) is 142 cm³/mol.